The lowest BCUT2D eigenvalue weighted by molar-refractivity contribution is -0.136. The maximum Gasteiger partial charge on any atom is 0.307 e. The number of ether oxygens (including phenoxy) is 1. The van der Waals surface area contributed by atoms with Gasteiger partial charge in [-0.1, -0.05) is 18.2 Å². The van der Waals surface area contributed by atoms with E-state index in [1.165, 1.54) is 12.1 Å². The summed E-state index contributed by atoms with van der Waals surface area (Å²) in [5.41, 5.74) is 0.587. The Labute approximate surface area is 128 Å². The Kier molecular flexibility index (Phi) is 4.55. The topological polar surface area (TPSA) is 70.3 Å². The number of carbonyl (C=O) groups is 1. The average Bonchev–Trinajstić information content (AvgIpc) is 2.45. The molecule has 0 radical (unpaired) electrons. The molecule has 2 rings (SSSR count). The lowest BCUT2D eigenvalue weighted by atomic mass is 10.1. The van der Waals surface area contributed by atoms with Gasteiger partial charge in [-0.05, 0) is 34.1 Å². The molecular formula is C15H9BrFNO3. The van der Waals surface area contributed by atoms with Gasteiger partial charge in [0.2, 0.25) is 0 Å². The van der Waals surface area contributed by atoms with Crippen LogP contribution in [0.15, 0.2) is 40.9 Å². The third kappa shape index (κ3) is 3.38. The fourth-order valence-corrected chi connectivity index (χ4v) is 2.14. The van der Waals surface area contributed by atoms with E-state index in [1.54, 1.807) is 24.3 Å². The van der Waals surface area contributed by atoms with Crippen LogP contribution in [0.1, 0.15) is 11.1 Å². The van der Waals surface area contributed by atoms with Crippen molar-refractivity contribution < 1.29 is 19.0 Å². The highest BCUT2D eigenvalue weighted by atomic mass is 79.9. The number of aliphatic carboxylic acids is 1. The zero-order valence-electron chi connectivity index (χ0n) is 10.6. The Morgan fingerprint density at radius 3 is 2.67 bits per heavy atom. The van der Waals surface area contributed by atoms with Crippen molar-refractivity contribution in [3.05, 3.63) is 57.8 Å². The molecule has 0 unspecified atom stereocenters. The van der Waals surface area contributed by atoms with E-state index in [-0.39, 0.29) is 28.0 Å². The summed E-state index contributed by atoms with van der Waals surface area (Å²) in [5.74, 6) is -1.54. The fourth-order valence-electron chi connectivity index (χ4n) is 1.73. The number of hydrogen-bond donors (Lipinski definition) is 1. The fraction of sp³-hybridized carbons (Fsp3) is 0.0667. The van der Waals surface area contributed by atoms with E-state index < -0.39 is 11.8 Å². The molecule has 1 N–H and O–H groups in total. The highest BCUT2D eigenvalue weighted by molar-refractivity contribution is 9.10. The zero-order chi connectivity index (χ0) is 15.4. The number of benzene rings is 2. The first kappa shape index (κ1) is 15.0. The second-order valence-electron chi connectivity index (χ2n) is 4.13. The molecule has 0 heterocycles. The maximum atomic E-state index is 14.1. The molecule has 106 valence electrons. The number of rotatable bonds is 4. The minimum absolute atomic E-state index is 0.0122. The first-order chi connectivity index (χ1) is 10.0. The maximum absolute atomic E-state index is 14.1. The molecule has 0 aliphatic rings. The van der Waals surface area contributed by atoms with Crippen molar-refractivity contribution in [3.8, 4) is 17.6 Å². The molecule has 0 fully saturated rings. The molecule has 0 aromatic heterocycles. The first-order valence-electron chi connectivity index (χ1n) is 5.88. The van der Waals surface area contributed by atoms with Crippen molar-refractivity contribution in [2.24, 2.45) is 0 Å². The van der Waals surface area contributed by atoms with E-state index >= 15 is 0 Å². The number of para-hydroxylation sites is 1. The number of nitrogens with zero attached hydrogens (tertiary/aromatic N) is 1. The summed E-state index contributed by atoms with van der Waals surface area (Å²) < 4.78 is 19.5. The summed E-state index contributed by atoms with van der Waals surface area (Å²) in [6.07, 6.45) is -0.227. The summed E-state index contributed by atoms with van der Waals surface area (Å²) in [4.78, 5) is 10.8. The van der Waals surface area contributed by atoms with Gasteiger partial charge in [0.25, 0.3) is 0 Å². The number of carboxylic acids is 1. The van der Waals surface area contributed by atoms with E-state index in [0.717, 1.165) is 0 Å². The molecule has 0 saturated heterocycles. The summed E-state index contributed by atoms with van der Waals surface area (Å²) in [6, 6.07) is 11.1. The van der Waals surface area contributed by atoms with Crippen molar-refractivity contribution >= 4 is 21.9 Å². The van der Waals surface area contributed by atoms with Gasteiger partial charge in [0.1, 0.15) is 11.8 Å². The standard InChI is InChI=1S/C15H9BrFNO3/c16-14-10(8-18)5-6-12(15(14)17)21-11-4-2-1-3-9(11)7-13(19)20/h1-6H,7H2,(H,19,20). The van der Waals surface area contributed by atoms with Gasteiger partial charge in [0, 0.05) is 5.56 Å². The van der Waals surface area contributed by atoms with Gasteiger partial charge in [-0.3, -0.25) is 4.79 Å². The second kappa shape index (κ2) is 6.37. The molecule has 21 heavy (non-hydrogen) atoms. The molecule has 4 nitrogen and oxygen atoms in total. The normalized spacial score (nSPS) is 9.95. The average molecular weight is 350 g/mol. The zero-order valence-corrected chi connectivity index (χ0v) is 12.2. The molecule has 2 aromatic rings. The minimum Gasteiger partial charge on any atom is -0.481 e. The predicted molar refractivity (Wildman–Crippen MR) is 76.7 cm³/mol. The van der Waals surface area contributed by atoms with Crippen LogP contribution in [0.4, 0.5) is 4.39 Å². The molecule has 0 amide bonds. The van der Waals surface area contributed by atoms with Crippen molar-refractivity contribution in [2.45, 2.75) is 6.42 Å². The third-order valence-corrected chi connectivity index (χ3v) is 3.48. The summed E-state index contributed by atoms with van der Waals surface area (Å²) >= 11 is 2.99. The van der Waals surface area contributed by atoms with Crippen LogP contribution in [0.3, 0.4) is 0 Å². The van der Waals surface area contributed by atoms with Crippen LogP contribution in [0, 0.1) is 17.1 Å². The number of nitriles is 1. The molecule has 0 aliphatic heterocycles. The van der Waals surface area contributed by atoms with Gasteiger partial charge in [-0.15, -0.1) is 0 Å². The number of hydrogen-bond acceptors (Lipinski definition) is 3. The predicted octanol–water partition coefficient (Wildman–Crippen LogP) is 3.88. The molecule has 0 spiro atoms. The smallest absolute Gasteiger partial charge is 0.307 e. The summed E-state index contributed by atoms with van der Waals surface area (Å²) in [5, 5.41) is 17.7. The Morgan fingerprint density at radius 2 is 2.00 bits per heavy atom. The Morgan fingerprint density at radius 1 is 1.29 bits per heavy atom. The van der Waals surface area contributed by atoms with Crippen LogP contribution in [0.5, 0.6) is 11.5 Å². The SMILES string of the molecule is N#Cc1ccc(Oc2ccccc2CC(=O)O)c(F)c1Br. The summed E-state index contributed by atoms with van der Waals surface area (Å²) in [7, 11) is 0. The minimum atomic E-state index is -1.01. The molecule has 0 saturated carbocycles. The Hall–Kier alpha value is -2.39. The van der Waals surface area contributed by atoms with E-state index in [2.05, 4.69) is 15.9 Å². The molecule has 0 aliphatic carbocycles. The largest absolute Gasteiger partial charge is 0.481 e. The van der Waals surface area contributed by atoms with Gasteiger partial charge in [-0.2, -0.15) is 5.26 Å². The van der Waals surface area contributed by atoms with E-state index in [1.807, 2.05) is 6.07 Å². The molecule has 6 heteroatoms. The van der Waals surface area contributed by atoms with Gasteiger partial charge >= 0.3 is 5.97 Å². The number of carboxylic acid groups (broad SMARTS) is 1. The van der Waals surface area contributed by atoms with Crippen LogP contribution in [0.25, 0.3) is 0 Å². The highest BCUT2D eigenvalue weighted by Crippen LogP contribution is 2.32. The molecule has 0 atom stereocenters. The Bertz CT molecular complexity index is 740. The number of halogens is 2. The van der Waals surface area contributed by atoms with Crippen molar-refractivity contribution in [2.75, 3.05) is 0 Å². The van der Waals surface area contributed by atoms with Crippen LogP contribution in [0.2, 0.25) is 0 Å². The van der Waals surface area contributed by atoms with Gasteiger partial charge in [0.05, 0.1) is 16.5 Å². The van der Waals surface area contributed by atoms with E-state index in [4.69, 9.17) is 15.1 Å². The lowest BCUT2D eigenvalue weighted by Gasteiger charge is -2.11. The van der Waals surface area contributed by atoms with Gasteiger partial charge < -0.3 is 9.84 Å². The van der Waals surface area contributed by atoms with Crippen molar-refractivity contribution in [3.63, 3.8) is 0 Å². The lowest BCUT2D eigenvalue weighted by Crippen LogP contribution is -2.02. The van der Waals surface area contributed by atoms with Crippen LogP contribution in [-0.4, -0.2) is 11.1 Å². The van der Waals surface area contributed by atoms with E-state index in [9.17, 15) is 9.18 Å². The van der Waals surface area contributed by atoms with E-state index in [0.29, 0.717) is 5.56 Å². The Balaban J connectivity index is 2.38. The van der Waals surface area contributed by atoms with Crippen LogP contribution >= 0.6 is 15.9 Å². The second-order valence-corrected chi connectivity index (χ2v) is 4.92. The van der Waals surface area contributed by atoms with Crippen molar-refractivity contribution in [1.82, 2.24) is 0 Å². The van der Waals surface area contributed by atoms with Crippen LogP contribution < -0.4 is 4.74 Å². The first-order valence-corrected chi connectivity index (χ1v) is 6.68. The molecular weight excluding hydrogens is 341 g/mol. The summed E-state index contributed by atoms with van der Waals surface area (Å²) in [6.45, 7) is 0. The van der Waals surface area contributed by atoms with Gasteiger partial charge in [0.15, 0.2) is 11.6 Å². The van der Waals surface area contributed by atoms with Crippen LogP contribution in [-0.2, 0) is 11.2 Å². The third-order valence-electron chi connectivity index (χ3n) is 2.70. The molecule has 2 aromatic carbocycles. The van der Waals surface area contributed by atoms with Gasteiger partial charge in [-0.25, -0.2) is 4.39 Å². The quantitative estimate of drug-likeness (QED) is 0.909. The monoisotopic (exact) mass is 349 g/mol. The molecule has 0 bridgehead atoms. The van der Waals surface area contributed by atoms with Crippen molar-refractivity contribution in [1.29, 1.82) is 5.26 Å². The highest BCUT2D eigenvalue weighted by Gasteiger charge is 2.15.